The van der Waals surface area contributed by atoms with E-state index in [2.05, 4.69) is 26.7 Å². The Bertz CT molecular complexity index is 98.2. The third-order valence-corrected chi connectivity index (χ3v) is 1.75. The van der Waals surface area contributed by atoms with Crippen molar-refractivity contribution in [2.45, 2.75) is 13.3 Å². The highest BCUT2D eigenvalue weighted by atomic mass is 14.2. The molecule has 0 heterocycles. The lowest BCUT2D eigenvalue weighted by Gasteiger charge is -2.18. The third-order valence-electron chi connectivity index (χ3n) is 1.75. The van der Waals surface area contributed by atoms with Crippen molar-refractivity contribution in [2.24, 2.45) is 5.41 Å². The van der Waals surface area contributed by atoms with Gasteiger partial charge in [0, 0.05) is 5.41 Å². The van der Waals surface area contributed by atoms with Crippen LogP contribution in [-0.2, 0) is 0 Å². The molecule has 9 heavy (non-hydrogen) atoms. The van der Waals surface area contributed by atoms with Gasteiger partial charge in [-0.2, -0.15) is 0 Å². The Kier molecular flexibility index (Phi) is 3.00. The molecule has 0 heteroatoms. The highest BCUT2D eigenvalue weighted by molar-refractivity contribution is 5.15. The van der Waals surface area contributed by atoms with E-state index < -0.39 is 0 Å². The van der Waals surface area contributed by atoms with Crippen LogP contribution in [0.1, 0.15) is 13.3 Å². The van der Waals surface area contributed by atoms with Crippen LogP contribution in [0.2, 0.25) is 0 Å². The molecule has 0 saturated carbocycles. The molecule has 0 nitrogen and oxygen atoms in total. The summed E-state index contributed by atoms with van der Waals surface area (Å²) in [6.45, 7) is 13.2. The zero-order valence-corrected chi connectivity index (χ0v) is 6.06. The highest BCUT2D eigenvalue weighted by Gasteiger charge is 2.13. The Morgan fingerprint density at radius 1 is 1.11 bits per heavy atom. The van der Waals surface area contributed by atoms with Gasteiger partial charge in [0.2, 0.25) is 0 Å². The normalized spacial score (nSPS) is 10.3. The van der Waals surface area contributed by atoms with Gasteiger partial charge in [-0.05, 0) is 6.42 Å². The average Bonchev–Trinajstić information content (AvgIpc) is 1.95. The summed E-state index contributed by atoms with van der Waals surface area (Å²) in [6.07, 6.45) is 6.59. The first-order valence-electron chi connectivity index (χ1n) is 3.15. The zero-order valence-electron chi connectivity index (χ0n) is 6.06. The molecule has 0 spiro atoms. The van der Waals surface area contributed by atoms with Crippen molar-refractivity contribution in [3.8, 4) is 0 Å². The van der Waals surface area contributed by atoms with E-state index in [1.54, 1.807) is 0 Å². The first kappa shape index (κ1) is 8.22. The van der Waals surface area contributed by atoms with Crippen molar-refractivity contribution < 1.29 is 0 Å². The third kappa shape index (κ3) is 1.56. The maximum absolute atomic E-state index is 3.70. The molecule has 0 bridgehead atoms. The predicted octanol–water partition coefficient (Wildman–Crippen LogP) is 2.94. The van der Waals surface area contributed by atoms with Gasteiger partial charge < -0.3 is 0 Å². The van der Waals surface area contributed by atoms with Crippen LogP contribution in [0.25, 0.3) is 0 Å². The van der Waals surface area contributed by atoms with Crippen molar-refractivity contribution >= 4 is 0 Å². The minimum atomic E-state index is -0.0417. The molecule has 0 atom stereocenters. The van der Waals surface area contributed by atoms with Crippen LogP contribution < -0.4 is 0 Å². The summed E-state index contributed by atoms with van der Waals surface area (Å²) in [5.41, 5.74) is -0.0417. The smallest absolute Gasteiger partial charge is 0.0231 e. The van der Waals surface area contributed by atoms with Crippen LogP contribution in [-0.4, -0.2) is 0 Å². The van der Waals surface area contributed by atoms with Crippen molar-refractivity contribution in [3.05, 3.63) is 38.0 Å². The molecule has 50 valence electrons. The van der Waals surface area contributed by atoms with E-state index in [4.69, 9.17) is 0 Å². The number of hydrogen-bond acceptors (Lipinski definition) is 0. The second-order valence-electron chi connectivity index (χ2n) is 2.08. The van der Waals surface area contributed by atoms with E-state index in [1.165, 1.54) is 0 Å². The molecule has 0 saturated heterocycles. The Morgan fingerprint density at radius 3 is 1.44 bits per heavy atom. The van der Waals surface area contributed by atoms with Crippen molar-refractivity contribution in [3.63, 3.8) is 0 Å². The molecule has 0 rings (SSSR count). The van der Waals surface area contributed by atoms with Gasteiger partial charge in [-0.15, -0.1) is 19.7 Å². The molecule has 0 aliphatic carbocycles. The van der Waals surface area contributed by atoms with Crippen LogP contribution in [0, 0.1) is 5.41 Å². The van der Waals surface area contributed by atoms with E-state index in [0.29, 0.717) is 0 Å². The maximum atomic E-state index is 3.70. The summed E-state index contributed by atoms with van der Waals surface area (Å²) in [7, 11) is 0. The van der Waals surface area contributed by atoms with Gasteiger partial charge in [0.1, 0.15) is 0 Å². The summed E-state index contributed by atoms with van der Waals surface area (Å²) in [5.74, 6) is 0. The van der Waals surface area contributed by atoms with Gasteiger partial charge in [-0.25, -0.2) is 0 Å². The molecule has 0 amide bonds. The Labute approximate surface area is 57.6 Å². The molecular formula is C9H14. The minimum absolute atomic E-state index is 0.0417. The Balaban J connectivity index is 4.34. The van der Waals surface area contributed by atoms with Gasteiger partial charge in [0.15, 0.2) is 0 Å². The van der Waals surface area contributed by atoms with Crippen LogP contribution in [0.15, 0.2) is 38.0 Å². The zero-order chi connectivity index (χ0) is 7.33. The van der Waals surface area contributed by atoms with E-state index in [1.807, 2.05) is 18.2 Å². The molecule has 0 aromatic carbocycles. The minimum Gasteiger partial charge on any atom is -0.102 e. The fourth-order valence-corrected chi connectivity index (χ4v) is 0.683. The lowest BCUT2D eigenvalue weighted by molar-refractivity contribution is 0.607. The second kappa shape index (κ2) is 3.29. The van der Waals surface area contributed by atoms with Crippen LogP contribution in [0.4, 0.5) is 0 Å². The number of rotatable bonds is 4. The molecule has 0 radical (unpaired) electrons. The fourth-order valence-electron chi connectivity index (χ4n) is 0.683. The van der Waals surface area contributed by atoms with Gasteiger partial charge in [-0.3, -0.25) is 0 Å². The molecule has 0 aliphatic rings. The molecule has 0 aliphatic heterocycles. The van der Waals surface area contributed by atoms with Crippen LogP contribution in [0.3, 0.4) is 0 Å². The summed E-state index contributed by atoms with van der Waals surface area (Å²) >= 11 is 0. The van der Waals surface area contributed by atoms with Crippen molar-refractivity contribution in [1.82, 2.24) is 0 Å². The van der Waals surface area contributed by atoms with Gasteiger partial charge in [0.25, 0.3) is 0 Å². The van der Waals surface area contributed by atoms with Gasteiger partial charge in [-0.1, -0.05) is 25.2 Å². The van der Waals surface area contributed by atoms with Crippen molar-refractivity contribution in [1.29, 1.82) is 0 Å². The summed E-state index contributed by atoms with van der Waals surface area (Å²) < 4.78 is 0. The lowest BCUT2D eigenvalue weighted by Crippen LogP contribution is -2.07. The molecule has 0 aromatic heterocycles. The Hall–Kier alpha value is -0.780. The first-order valence-corrected chi connectivity index (χ1v) is 3.15. The van der Waals surface area contributed by atoms with Gasteiger partial charge >= 0.3 is 0 Å². The lowest BCUT2D eigenvalue weighted by atomic mass is 9.86. The molecule has 0 fully saturated rings. The summed E-state index contributed by atoms with van der Waals surface area (Å²) in [4.78, 5) is 0. The average molecular weight is 122 g/mol. The monoisotopic (exact) mass is 122 g/mol. The quantitative estimate of drug-likeness (QED) is 0.503. The number of allylic oxidation sites excluding steroid dienone is 3. The largest absolute Gasteiger partial charge is 0.102 e. The SMILES string of the molecule is C=CC(C=C)(C=C)CC. The van der Waals surface area contributed by atoms with E-state index in [9.17, 15) is 0 Å². The molecular weight excluding hydrogens is 108 g/mol. The summed E-state index contributed by atoms with van der Waals surface area (Å²) in [6, 6.07) is 0. The van der Waals surface area contributed by atoms with Crippen LogP contribution >= 0.6 is 0 Å². The fraction of sp³-hybridized carbons (Fsp3) is 0.333. The maximum Gasteiger partial charge on any atom is 0.0231 e. The van der Waals surface area contributed by atoms with E-state index >= 15 is 0 Å². The highest BCUT2D eigenvalue weighted by Crippen LogP contribution is 2.25. The molecule has 0 unspecified atom stereocenters. The second-order valence-corrected chi connectivity index (χ2v) is 2.08. The first-order chi connectivity index (χ1) is 4.24. The molecule has 0 N–H and O–H groups in total. The summed E-state index contributed by atoms with van der Waals surface area (Å²) in [5, 5.41) is 0. The van der Waals surface area contributed by atoms with E-state index in [-0.39, 0.29) is 5.41 Å². The van der Waals surface area contributed by atoms with Crippen LogP contribution in [0.5, 0.6) is 0 Å². The molecule has 0 aromatic rings. The van der Waals surface area contributed by atoms with Gasteiger partial charge in [0.05, 0.1) is 0 Å². The van der Waals surface area contributed by atoms with E-state index in [0.717, 1.165) is 6.42 Å². The number of hydrogen-bond donors (Lipinski definition) is 0. The topological polar surface area (TPSA) is 0 Å². The predicted molar refractivity (Wildman–Crippen MR) is 43.3 cm³/mol. The standard InChI is InChI=1S/C9H14/c1-5-9(6-2,7-3)8-4/h5-7H,1-3,8H2,4H3. The van der Waals surface area contributed by atoms with Crippen molar-refractivity contribution in [2.75, 3.05) is 0 Å². The Morgan fingerprint density at radius 2 is 1.44 bits per heavy atom.